The molecule has 7 nitrogen and oxygen atoms in total. The van der Waals surface area contributed by atoms with E-state index in [1.807, 2.05) is 0 Å². The minimum absolute atomic E-state index is 0.0649. The Labute approximate surface area is 148 Å². The summed E-state index contributed by atoms with van der Waals surface area (Å²) in [7, 11) is 0. The number of imidazole rings is 1. The van der Waals surface area contributed by atoms with Gasteiger partial charge < -0.3 is 9.88 Å². The molecule has 1 amide bonds. The van der Waals surface area contributed by atoms with Gasteiger partial charge in [-0.3, -0.25) is 14.9 Å². The van der Waals surface area contributed by atoms with Crippen LogP contribution >= 0.6 is 0 Å². The number of halogens is 4. The van der Waals surface area contributed by atoms with Crippen LogP contribution in [-0.2, 0) is 17.5 Å². The van der Waals surface area contributed by atoms with E-state index >= 15 is 0 Å². The monoisotopic (exact) mass is 382 g/mol. The van der Waals surface area contributed by atoms with Crippen molar-refractivity contribution in [2.45, 2.75) is 12.7 Å². The van der Waals surface area contributed by atoms with Crippen molar-refractivity contribution in [1.29, 1.82) is 0 Å². The summed E-state index contributed by atoms with van der Waals surface area (Å²) >= 11 is 0. The van der Waals surface area contributed by atoms with Gasteiger partial charge in [-0.2, -0.15) is 17.6 Å². The number of para-hydroxylation sites is 2. The summed E-state index contributed by atoms with van der Waals surface area (Å²) in [6.07, 6.45) is -4.78. The van der Waals surface area contributed by atoms with Crippen molar-refractivity contribution in [1.82, 2.24) is 9.55 Å². The summed E-state index contributed by atoms with van der Waals surface area (Å²) in [5, 5.41) is 13.0. The second kappa shape index (κ2) is 6.67. The first kappa shape index (κ1) is 18.3. The van der Waals surface area contributed by atoms with E-state index < -0.39 is 40.9 Å². The van der Waals surface area contributed by atoms with Gasteiger partial charge in [0.05, 0.1) is 16.0 Å². The highest BCUT2D eigenvalue weighted by molar-refractivity contribution is 5.92. The van der Waals surface area contributed by atoms with Gasteiger partial charge in [0.15, 0.2) is 0 Å². The molecule has 0 saturated heterocycles. The normalized spacial score (nSPS) is 11.6. The van der Waals surface area contributed by atoms with Gasteiger partial charge in [-0.05, 0) is 24.3 Å². The average Bonchev–Trinajstić information content (AvgIpc) is 2.95. The van der Waals surface area contributed by atoms with E-state index in [-0.39, 0.29) is 16.7 Å². The maximum atomic E-state index is 13.3. The van der Waals surface area contributed by atoms with Gasteiger partial charge in [0.2, 0.25) is 17.5 Å². The fourth-order valence-corrected chi connectivity index (χ4v) is 2.53. The van der Waals surface area contributed by atoms with Crippen molar-refractivity contribution in [3.8, 4) is 0 Å². The molecule has 1 aromatic heterocycles. The Kier molecular flexibility index (Phi) is 4.52. The van der Waals surface area contributed by atoms with Crippen molar-refractivity contribution in [2.75, 3.05) is 5.32 Å². The van der Waals surface area contributed by atoms with Gasteiger partial charge in [-0.25, -0.2) is 4.98 Å². The Hall–Kier alpha value is -3.50. The summed E-state index contributed by atoms with van der Waals surface area (Å²) in [5.41, 5.74) is -0.817. The molecule has 0 aliphatic rings. The number of hydrogen-bond acceptors (Lipinski definition) is 4. The van der Waals surface area contributed by atoms with Crippen LogP contribution in [0.15, 0.2) is 42.5 Å². The lowest BCUT2D eigenvalue weighted by atomic mass is 10.2. The third kappa shape index (κ3) is 3.71. The van der Waals surface area contributed by atoms with E-state index in [1.54, 1.807) is 0 Å². The summed E-state index contributed by atoms with van der Waals surface area (Å²) in [5.74, 6) is -3.23. The molecule has 0 unspecified atom stereocenters. The predicted molar refractivity (Wildman–Crippen MR) is 86.4 cm³/mol. The zero-order valence-corrected chi connectivity index (χ0v) is 13.3. The summed E-state index contributed by atoms with van der Waals surface area (Å²) in [6, 6.07) is 8.40. The van der Waals surface area contributed by atoms with Gasteiger partial charge in [-0.1, -0.05) is 12.1 Å². The van der Waals surface area contributed by atoms with Gasteiger partial charge in [0.25, 0.3) is 0 Å². The number of carbonyl (C=O) groups excluding carboxylic acids is 1. The summed E-state index contributed by atoms with van der Waals surface area (Å²) < 4.78 is 53.7. The Balaban J connectivity index is 1.91. The quantitative estimate of drug-likeness (QED) is 0.423. The zero-order valence-electron chi connectivity index (χ0n) is 13.3. The van der Waals surface area contributed by atoms with Crippen molar-refractivity contribution in [2.24, 2.45) is 0 Å². The van der Waals surface area contributed by atoms with Crippen LogP contribution in [0.25, 0.3) is 11.0 Å². The Morgan fingerprint density at radius 1 is 1.22 bits per heavy atom. The summed E-state index contributed by atoms with van der Waals surface area (Å²) in [6.45, 7) is -0.736. The van der Waals surface area contributed by atoms with Crippen LogP contribution in [0, 0.1) is 15.9 Å². The van der Waals surface area contributed by atoms with Gasteiger partial charge in [0, 0.05) is 11.8 Å². The molecule has 0 fully saturated rings. The minimum Gasteiger partial charge on any atom is -0.324 e. The predicted octanol–water partition coefficient (Wildman–Crippen LogP) is 3.74. The lowest BCUT2D eigenvalue weighted by Crippen LogP contribution is -2.23. The van der Waals surface area contributed by atoms with Crippen LogP contribution in [-0.4, -0.2) is 20.4 Å². The largest absolute Gasteiger partial charge is 0.449 e. The number of aromatic nitrogens is 2. The Bertz CT molecular complexity index is 1050. The van der Waals surface area contributed by atoms with Crippen LogP contribution in [0.1, 0.15) is 5.82 Å². The first-order valence-electron chi connectivity index (χ1n) is 7.43. The number of nitrogens with one attached hydrogen (secondary N) is 1. The number of fused-ring (bicyclic) bond motifs is 1. The van der Waals surface area contributed by atoms with Gasteiger partial charge >= 0.3 is 11.9 Å². The fourth-order valence-electron chi connectivity index (χ4n) is 2.53. The molecule has 0 aliphatic carbocycles. The standard InChI is InChI=1S/C16H10F4N4O3/c17-10-6-5-9(7-13(10)24(26)27)21-14(25)8-23-12-4-2-1-3-11(12)22-15(23)16(18,19)20/h1-7H,8H2,(H,21,25). The van der Waals surface area contributed by atoms with Crippen LogP contribution in [0.3, 0.4) is 0 Å². The second-order valence-corrected chi connectivity index (χ2v) is 5.48. The fraction of sp³-hybridized carbons (Fsp3) is 0.125. The van der Waals surface area contributed by atoms with Gasteiger partial charge in [0.1, 0.15) is 6.54 Å². The van der Waals surface area contributed by atoms with Crippen LogP contribution in [0.4, 0.5) is 28.9 Å². The highest BCUT2D eigenvalue weighted by atomic mass is 19.4. The van der Waals surface area contributed by atoms with Crippen molar-refractivity contribution in [3.63, 3.8) is 0 Å². The third-order valence-corrected chi connectivity index (χ3v) is 3.64. The molecule has 3 aromatic rings. The maximum absolute atomic E-state index is 13.3. The maximum Gasteiger partial charge on any atom is 0.449 e. The molecule has 0 radical (unpaired) electrons. The summed E-state index contributed by atoms with van der Waals surface area (Å²) in [4.78, 5) is 25.4. The molecule has 140 valence electrons. The highest BCUT2D eigenvalue weighted by Crippen LogP contribution is 2.31. The smallest absolute Gasteiger partial charge is 0.324 e. The molecule has 2 aromatic carbocycles. The molecule has 1 N–H and O–H groups in total. The molecule has 0 saturated carbocycles. The zero-order chi connectivity index (χ0) is 19.8. The van der Waals surface area contributed by atoms with E-state index in [4.69, 9.17) is 0 Å². The molecular formula is C16H10F4N4O3. The number of benzene rings is 2. The molecule has 0 spiro atoms. The molecule has 3 rings (SSSR count). The van der Waals surface area contributed by atoms with E-state index in [0.29, 0.717) is 4.57 Å². The highest BCUT2D eigenvalue weighted by Gasteiger charge is 2.38. The number of nitro groups is 1. The third-order valence-electron chi connectivity index (χ3n) is 3.64. The van der Waals surface area contributed by atoms with Crippen LogP contribution < -0.4 is 5.32 Å². The van der Waals surface area contributed by atoms with Crippen molar-refractivity contribution < 1.29 is 27.3 Å². The van der Waals surface area contributed by atoms with Gasteiger partial charge in [-0.15, -0.1) is 0 Å². The lowest BCUT2D eigenvalue weighted by molar-refractivity contribution is -0.387. The Morgan fingerprint density at radius 3 is 2.59 bits per heavy atom. The minimum atomic E-state index is -4.78. The average molecular weight is 382 g/mol. The first-order chi connectivity index (χ1) is 12.7. The van der Waals surface area contributed by atoms with Crippen molar-refractivity contribution >= 4 is 28.3 Å². The van der Waals surface area contributed by atoms with E-state index in [0.717, 1.165) is 18.2 Å². The number of alkyl halides is 3. The lowest BCUT2D eigenvalue weighted by Gasteiger charge is -2.11. The topological polar surface area (TPSA) is 90.1 Å². The Morgan fingerprint density at radius 2 is 1.93 bits per heavy atom. The SMILES string of the molecule is O=C(Cn1c(C(F)(F)F)nc2ccccc21)Nc1ccc(F)c([N+](=O)[O-])c1. The van der Waals surface area contributed by atoms with Crippen molar-refractivity contribution in [3.05, 3.63) is 64.2 Å². The number of nitro benzene ring substituents is 1. The van der Waals surface area contributed by atoms with Crippen LogP contribution in [0.5, 0.6) is 0 Å². The number of anilines is 1. The molecule has 11 heteroatoms. The number of rotatable bonds is 4. The number of amides is 1. The second-order valence-electron chi connectivity index (χ2n) is 5.48. The molecule has 27 heavy (non-hydrogen) atoms. The molecule has 1 heterocycles. The van der Waals surface area contributed by atoms with Crippen LogP contribution in [0.2, 0.25) is 0 Å². The van der Waals surface area contributed by atoms with E-state index in [1.165, 1.54) is 24.3 Å². The molecule has 0 atom stereocenters. The first-order valence-corrected chi connectivity index (χ1v) is 7.43. The van der Waals surface area contributed by atoms with E-state index in [2.05, 4.69) is 10.3 Å². The molecule has 0 bridgehead atoms. The number of carbonyl (C=O) groups is 1. The molecular weight excluding hydrogens is 372 g/mol. The van der Waals surface area contributed by atoms with E-state index in [9.17, 15) is 32.5 Å². The number of nitrogens with zero attached hydrogens (tertiary/aromatic N) is 3. The molecule has 0 aliphatic heterocycles. The number of hydrogen-bond donors (Lipinski definition) is 1.